The van der Waals surface area contributed by atoms with Crippen LogP contribution >= 0.6 is 0 Å². The lowest BCUT2D eigenvalue weighted by Gasteiger charge is -2.12. The van der Waals surface area contributed by atoms with Gasteiger partial charge >= 0.3 is 6.18 Å². The standard InChI is InChI=1S/C15H18F3N5O3/c16-15(17,18)12-11(13(19)23(22-12)6-8-25)21-10-3-1-9(2-4-10)14(26)20-5-7-24/h1-4,14,19-20,24-26H,5-8H2. The second-order valence-electron chi connectivity index (χ2n) is 5.27. The highest BCUT2D eigenvalue weighted by Crippen LogP contribution is 2.26. The molecule has 0 spiro atoms. The molecule has 1 atom stereocenters. The Labute approximate surface area is 146 Å². The van der Waals surface area contributed by atoms with Gasteiger partial charge in [-0.3, -0.25) is 10.7 Å². The maximum Gasteiger partial charge on any atom is 0.437 e. The van der Waals surface area contributed by atoms with Crippen LogP contribution in [0.1, 0.15) is 11.8 Å². The number of hydrazone groups is 1. The molecule has 0 saturated carbocycles. The first-order chi connectivity index (χ1) is 12.3. The lowest BCUT2D eigenvalue weighted by molar-refractivity contribution is -0.0571. The molecule has 0 radical (unpaired) electrons. The van der Waals surface area contributed by atoms with Crippen molar-refractivity contribution in [3.63, 3.8) is 0 Å². The summed E-state index contributed by atoms with van der Waals surface area (Å²) in [6.07, 6.45) is -5.83. The fourth-order valence-electron chi connectivity index (χ4n) is 2.19. The lowest BCUT2D eigenvalue weighted by Crippen LogP contribution is -2.33. The number of halogens is 3. The number of aliphatic hydroxyl groups is 3. The number of benzene rings is 1. The number of aliphatic hydroxyl groups excluding tert-OH is 3. The van der Waals surface area contributed by atoms with Crippen LogP contribution in [0.4, 0.5) is 18.9 Å². The fourth-order valence-corrected chi connectivity index (χ4v) is 2.19. The van der Waals surface area contributed by atoms with Crippen molar-refractivity contribution in [2.75, 3.05) is 26.3 Å². The number of hydrogen-bond acceptors (Lipinski definition) is 7. The molecule has 1 aliphatic rings. The predicted octanol–water partition coefficient (Wildman–Crippen LogP) is 0.535. The Kier molecular flexibility index (Phi) is 6.42. The smallest absolute Gasteiger partial charge is 0.395 e. The number of nitrogens with zero attached hydrogens (tertiary/aromatic N) is 3. The molecule has 5 N–H and O–H groups in total. The molecule has 11 heteroatoms. The van der Waals surface area contributed by atoms with Crippen molar-refractivity contribution in [1.82, 2.24) is 10.3 Å². The Morgan fingerprint density at radius 2 is 1.85 bits per heavy atom. The molecule has 1 aromatic carbocycles. The third-order valence-electron chi connectivity index (χ3n) is 3.41. The van der Waals surface area contributed by atoms with Crippen molar-refractivity contribution in [1.29, 1.82) is 5.41 Å². The summed E-state index contributed by atoms with van der Waals surface area (Å²) in [5, 5.41) is 41.9. The SMILES string of the molecule is N=C1C(=Nc2ccc(C(O)NCCO)cc2)C(C(F)(F)F)=NN1CCO. The van der Waals surface area contributed by atoms with Crippen LogP contribution in [-0.2, 0) is 0 Å². The minimum atomic E-state index is -4.79. The molecule has 1 unspecified atom stereocenters. The molecule has 0 saturated heterocycles. The number of aliphatic imine (C=N–C) groups is 1. The normalized spacial score (nSPS) is 17.8. The average Bonchev–Trinajstić information content (AvgIpc) is 2.90. The van der Waals surface area contributed by atoms with Crippen LogP contribution in [0.5, 0.6) is 0 Å². The van der Waals surface area contributed by atoms with Gasteiger partial charge in [0, 0.05) is 6.54 Å². The van der Waals surface area contributed by atoms with Crippen LogP contribution in [0, 0.1) is 5.41 Å². The molecule has 26 heavy (non-hydrogen) atoms. The molecule has 1 aliphatic heterocycles. The maximum absolute atomic E-state index is 13.1. The first-order valence-corrected chi connectivity index (χ1v) is 7.62. The van der Waals surface area contributed by atoms with E-state index in [0.717, 1.165) is 5.01 Å². The number of hydrogen-bond donors (Lipinski definition) is 5. The van der Waals surface area contributed by atoms with Gasteiger partial charge in [-0.2, -0.15) is 18.3 Å². The first kappa shape index (κ1) is 20.0. The van der Waals surface area contributed by atoms with Gasteiger partial charge in [0.25, 0.3) is 0 Å². The summed E-state index contributed by atoms with van der Waals surface area (Å²) < 4.78 is 39.4. The molecule has 0 amide bonds. The molecule has 1 aromatic rings. The number of alkyl halides is 3. The van der Waals surface area contributed by atoms with Crippen LogP contribution in [-0.4, -0.2) is 70.1 Å². The predicted molar refractivity (Wildman–Crippen MR) is 88.6 cm³/mol. The highest BCUT2D eigenvalue weighted by atomic mass is 19.4. The minimum absolute atomic E-state index is 0.144. The van der Waals surface area contributed by atoms with Gasteiger partial charge in [-0.05, 0) is 17.7 Å². The summed E-state index contributed by atoms with van der Waals surface area (Å²) in [6.45, 7) is -0.694. The Hall–Kier alpha value is -2.34. The number of β-amino-alcohol motifs (C(OH)–C–C–N with tert-alkyl or cyclic N) is 1. The molecular weight excluding hydrogens is 355 g/mol. The lowest BCUT2D eigenvalue weighted by atomic mass is 10.1. The monoisotopic (exact) mass is 373 g/mol. The van der Waals surface area contributed by atoms with E-state index >= 15 is 0 Å². The second kappa shape index (κ2) is 8.36. The number of nitrogens with one attached hydrogen (secondary N) is 2. The zero-order valence-electron chi connectivity index (χ0n) is 13.5. The summed E-state index contributed by atoms with van der Waals surface area (Å²) in [5.41, 5.74) is -1.36. The van der Waals surface area contributed by atoms with Crippen molar-refractivity contribution < 1.29 is 28.5 Å². The highest BCUT2D eigenvalue weighted by Gasteiger charge is 2.46. The third-order valence-corrected chi connectivity index (χ3v) is 3.41. The van der Waals surface area contributed by atoms with Crippen molar-refractivity contribution in [3.8, 4) is 0 Å². The van der Waals surface area contributed by atoms with E-state index in [-0.39, 0.29) is 25.4 Å². The van der Waals surface area contributed by atoms with Gasteiger partial charge in [-0.1, -0.05) is 12.1 Å². The average molecular weight is 373 g/mol. The Bertz CT molecular complexity index is 703. The van der Waals surface area contributed by atoms with Crippen LogP contribution in [0.3, 0.4) is 0 Å². The van der Waals surface area contributed by atoms with Crippen molar-refractivity contribution in [2.45, 2.75) is 12.4 Å². The summed E-state index contributed by atoms with van der Waals surface area (Å²) in [7, 11) is 0. The Morgan fingerprint density at radius 1 is 1.19 bits per heavy atom. The van der Waals surface area contributed by atoms with E-state index in [2.05, 4.69) is 15.4 Å². The minimum Gasteiger partial charge on any atom is -0.395 e. The van der Waals surface area contributed by atoms with E-state index in [0.29, 0.717) is 5.56 Å². The van der Waals surface area contributed by atoms with Gasteiger partial charge in [-0.25, -0.2) is 10.0 Å². The maximum atomic E-state index is 13.1. The quantitative estimate of drug-likeness (QED) is 0.446. The van der Waals surface area contributed by atoms with Gasteiger partial charge in [-0.15, -0.1) is 0 Å². The van der Waals surface area contributed by atoms with Gasteiger partial charge < -0.3 is 15.3 Å². The highest BCUT2D eigenvalue weighted by molar-refractivity contribution is 6.70. The zero-order chi connectivity index (χ0) is 19.3. The number of rotatable bonds is 7. The zero-order valence-corrected chi connectivity index (χ0v) is 13.5. The largest absolute Gasteiger partial charge is 0.437 e. The van der Waals surface area contributed by atoms with Gasteiger partial charge in [0.2, 0.25) is 0 Å². The first-order valence-electron chi connectivity index (χ1n) is 7.62. The van der Waals surface area contributed by atoms with E-state index in [9.17, 15) is 18.3 Å². The summed E-state index contributed by atoms with van der Waals surface area (Å²) >= 11 is 0. The fraction of sp³-hybridized carbons (Fsp3) is 0.400. The van der Waals surface area contributed by atoms with E-state index in [4.69, 9.17) is 15.6 Å². The molecule has 0 aliphatic carbocycles. The van der Waals surface area contributed by atoms with Gasteiger partial charge in [0.05, 0.1) is 25.4 Å². The van der Waals surface area contributed by atoms with Crippen molar-refractivity contribution in [3.05, 3.63) is 29.8 Å². The molecule has 8 nitrogen and oxygen atoms in total. The third kappa shape index (κ3) is 4.64. The summed E-state index contributed by atoms with van der Waals surface area (Å²) in [6, 6.07) is 5.70. The molecular formula is C15H18F3N5O3. The van der Waals surface area contributed by atoms with Crippen molar-refractivity contribution >= 4 is 22.9 Å². The van der Waals surface area contributed by atoms with E-state index in [1.807, 2.05) is 0 Å². The van der Waals surface area contributed by atoms with Crippen LogP contribution < -0.4 is 5.32 Å². The van der Waals surface area contributed by atoms with Crippen LogP contribution in [0.25, 0.3) is 0 Å². The topological polar surface area (TPSA) is 125 Å². The van der Waals surface area contributed by atoms with Gasteiger partial charge in [0.1, 0.15) is 11.9 Å². The Morgan fingerprint density at radius 3 is 2.38 bits per heavy atom. The molecule has 0 bridgehead atoms. The van der Waals surface area contributed by atoms with E-state index < -0.39 is 36.3 Å². The van der Waals surface area contributed by atoms with E-state index in [1.54, 1.807) is 0 Å². The molecule has 2 rings (SSSR count). The summed E-state index contributed by atoms with van der Waals surface area (Å²) in [5.74, 6) is -0.555. The Balaban J connectivity index is 2.26. The van der Waals surface area contributed by atoms with Crippen LogP contribution in [0.15, 0.2) is 34.4 Å². The van der Waals surface area contributed by atoms with Gasteiger partial charge in [0.15, 0.2) is 11.5 Å². The molecule has 1 heterocycles. The molecule has 0 fully saturated rings. The molecule has 142 valence electrons. The molecule has 0 aromatic heterocycles. The summed E-state index contributed by atoms with van der Waals surface area (Å²) in [4.78, 5) is 3.86. The van der Waals surface area contributed by atoms with Crippen LogP contribution in [0.2, 0.25) is 0 Å². The van der Waals surface area contributed by atoms with E-state index in [1.165, 1.54) is 24.3 Å². The van der Waals surface area contributed by atoms with Crippen molar-refractivity contribution in [2.24, 2.45) is 10.1 Å². The number of amidine groups is 1. The second-order valence-corrected chi connectivity index (χ2v) is 5.27.